The van der Waals surface area contributed by atoms with Gasteiger partial charge in [-0.15, -0.1) is 0 Å². The molecule has 1 aliphatic carbocycles. The first kappa shape index (κ1) is 15.9. The highest BCUT2D eigenvalue weighted by atomic mass is 32.2. The summed E-state index contributed by atoms with van der Waals surface area (Å²) in [4.78, 5) is 12.2. The molecule has 1 aromatic rings. The first-order valence-corrected chi connectivity index (χ1v) is 8.25. The van der Waals surface area contributed by atoms with Crippen LogP contribution in [0.25, 0.3) is 0 Å². The number of carbonyl (C=O) groups excluding carboxylic acids is 1. The highest BCUT2D eigenvalue weighted by Crippen LogP contribution is 2.28. The van der Waals surface area contributed by atoms with Crippen molar-refractivity contribution in [3.8, 4) is 11.8 Å². The van der Waals surface area contributed by atoms with Crippen LogP contribution in [0.15, 0.2) is 18.2 Å². The molecule has 2 rings (SSSR count). The van der Waals surface area contributed by atoms with E-state index in [0.717, 1.165) is 19.3 Å². The van der Waals surface area contributed by atoms with Crippen LogP contribution in [0.5, 0.6) is 0 Å². The number of rotatable bonds is 3. The van der Waals surface area contributed by atoms with Crippen molar-refractivity contribution in [3.05, 3.63) is 35.1 Å². The number of thioether (sulfide) groups is 1. The quantitative estimate of drug-likeness (QED) is 0.841. The van der Waals surface area contributed by atoms with Crippen molar-refractivity contribution in [2.45, 2.75) is 30.6 Å². The summed E-state index contributed by atoms with van der Waals surface area (Å²) in [5, 5.41) is 3.50. The van der Waals surface area contributed by atoms with E-state index in [4.69, 9.17) is 5.73 Å². The lowest BCUT2D eigenvalue weighted by Crippen LogP contribution is -2.33. The van der Waals surface area contributed by atoms with Crippen LogP contribution >= 0.6 is 11.8 Å². The molecule has 1 saturated carbocycles. The van der Waals surface area contributed by atoms with E-state index in [1.54, 1.807) is 6.07 Å². The second kappa shape index (κ2) is 7.48. The van der Waals surface area contributed by atoms with Crippen LogP contribution in [-0.4, -0.2) is 30.0 Å². The average Bonchev–Trinajstić information content (AvgIpc) is 2.94. The zero-order valence-electron chi connectivity index (χ0n) is 12.0. The standard InChI is InChI=1S/C16H19FN2OS/c1-21-13-6-5-12(10-13)19-16(20)14-9-11(3-2-8-18)4-7-15(14)17/h4,7,9,12-13H,5-6,8,10,18H2,1H3,(H,19,20). The maximum absolute atomic E-state index is 13.8. The summed E-state index contributed by atoms with van der Waals surface area (Å²) in [6.07, 6.45) is 5.07. The predicted molar refractivity (Wildman–Crippen MR) is 84.7 cm³/mol. The van der Waals surface area contributed by atoms with Crippen molar-refractivity contribution in [1.82, 2.24) is 5.32 Å². The zero-order valence-corrected chi connectivity index (χ0v) is 12.8. The molecule has 0 aliphatic heterocycles. The molecule has 1 aliphatic rings. The van der Waals surface area contributed by atoms with Gasteiger partial charge in [-0.2, -0.15) is 11.8 Å². The molecule has 0 bridgehead atoms. The fourth-order valence-corrected chi connectivity index (χ4v) is 3.28. The summed E-state index contributed by atoms with van der Waals surface area (Å²) in [6, 6.07) is 4.44. The minimum atomic E-state index is -0.523. The van der Waals surface area contributed by atoms with Gasteiger partial charge in [0.15, 0.2) is 0 Å². The third kappa shape index (κ3) is 4.23. The highest BCUT2D eigenvalue weighted by Gasteiger charge is 2.26. The van der Waals surface area contributed by atoms with Gasteiger partial charge < -0.3 is 11.1 Å². The molecule has 0 saturated heterocycles. The Morgan fingerprint density at radius 3 is 3.00 bits per heavy atom. The highest BCUT2D eigenvalue weighted by molar-refractivity contribution is 7.99. The molecule has 1 amide bonds. The molecule has 2 unspecified atom stereocenters. The third-order valence-corrected chi connectivity index (χ3v) is 4.69. The largest absolute Gasteiger partial charge is 0.349 e. The molecule has 0 heterocycles. The van der Waals surface area contributed by atoms with Gasteiger partial charge in [-0.1, -0.05) is 11.8 Å². The van der Waals surface area contributed by atoms with E-state index in [0.29, 0.717) is 10.8 Å². The second-order valence-electron chi connectivity index (χ2n) is 5.04. The maximum atomic E-state index is 13.8. The SMILES string of the molecule is CSC1CCC(NC(=O)c2cc(C#CCN)ccc2F)C1. The molecular weight excluding hydrogens is 287 g/mol. The summed E-state index contributed by atoms with van der Waals surface area (Å²) in [5.41, 5.74) is 5.96. The Morgan fingerprint density at radius 1 is 1.52 bits per heavy atom. The number of nitrogens with one attached hydrogen (secondary N) is 1. The summed E-state index contributed by atoms with van der Waals surface area (Å²) in [7, 11) is 0. The summed E-state index contributed by atoms with van der Waals surface area (Å²) in [6.45, 7) is 0.233. The second-order valence-corrected chi connectivity index (χ2v) is 6.18. The van der Waals surface area contributed by atoms with E-state index in [1.807, 2.05) is 11.8 Å². The summed E-state index contributed by atoms with van der Waals surface area (Å²) >= 11 is 1.82. The summed E-state index contributed by atoms with van der Waals surface area (Å²) in [5.74, 6) is 4.62. The van der Waals surface area contributed by atoms with Crippen molar-refractivity contribution >= 4 is 17.7 Å². The number of amides is 1. The maximum Gasteiger partial charge on any atom is 0.254 e. The molecule has 2 atom stereocenters. The normalized spacial score (nSPS) is 20.7. The van der Waals surface area contributed by atoms with Gasteiger partial charge in [0.05, 0.1) is 12.1 Å². The van der Waals surface area contributed by atoms with Gasteiger partial charge in [0.2, 0.25) is 0 Å². The Labute approximate surface area is 128 Å². The Balaban J connectivity index is 2.08. The van der Waals surface area contributed by atoms with E-state index >= 15 is 0 Å². The van der Waals surface area contributed by atoms with Crippen molar-refractivity contribution in [2.75, 3.05) is 12.8 Å². The van der Waals surface area contributed by atoms with Crippen LogP contribution in [-0.2, 0) is 0 Å². The minimum Gasteiger partial charge on any atom is -0.349 e. The average molecular weight is 306 g/mol. The molecule has 112 valence electrons. The minimum absolute atomic E-state index is 0.0476. The van der Waals surface area contributed by atoms with Gasteiger partial charge in [0.25, 0.3) is 5.91 Å². The Bertz CT molecular complexity index is 579. The molecular formula is C16H19FN2OS. The van der Waals surface area contributed by atoms with Crippen LogP contribution in [0.3, 0.4) is 0 Å². The number of carbonyl (C=O) groups is 1. The fourth-order valence-electron chi connectivity index (χ4n) is 2.48. The lowest BCUT2D eigenvalue weighted by Gasteiger charge is -2.13. The lowest BCUT2D eigenvalue weighted by molar-refractivity contribution is 0.0934. The van der Waals surface area contributed by atoms with E-state index < -0.39 is 5.82 Å². The van der Waals surface area contributed by atoms with E-state index in [-0.39, 0.29) is 24.1 Å². The zero-order chi connectivity index (χ0) is 15.2. The topological polar surface area (TPSA) is 55.1 Å². The summed E-state index contributed by atoms with van der Waals surface area (Å²) < 4.78 is 13.8. The van der Waals surface area contributed by atoms with Gasteiger partial charge in [-0.25, -0.2) is 4.39 Å². The first-order chi connectivity index (χ1) is 10.1. The molecule has 5 heteroatoms. The number of nitrogens with two attached hydrogens (primary N) is 1. The molecule has 3 nitrogen and oxygen atoms in total. The Morgan fingerprint density at radius 2 is 2.33 bits per heavy atom. The van der Waals surface area contributed by atoms with Crippen LogP contribution in [0.4, 0.5) is 4.39 Å². The van der Waals surface area contributed by atoms with E-state index in [2.05, 4.69) is 23.4 Å². The predicted octanol–water partition coefficient (Wildman–Crippen LogP) is 2.15. The number of hydrogen-bond donors (Lipinski definition) is 2. The van der Waals surface area contributed by atoms with Gasteiger partial charge in [-0.3, -0.25) is 4.79 Å². The lowest BCUT2D eigenvalue weighted by atomic mass is 10.1. The van der Waals surface area contributed by atoms with Crippen LogP contribution < -0.4 is 11.1 Å². The van der Waals surface area contributed by atoms with Crippen molar-refractivity contribution < 1.29 is 9.18 Å². The van der Waals surface area contributed by atoms with Crippen LogP contribution in [0, 0.1) is 17.7 Å². The number of halogens is 1. The fraction of sp³-hybridized carbons (Fsp3) is 0.438. The smallest absolute Gasteiger partial charge is 0.254 e. The first-order valence-electron chi connectivity index (χ1n) is 6.96. The molecule has 1 fully saturated rings. The molecule has 21 heavy (non-hydrogen) atoms. The van der Waals surface area contributed by atoms with Gasteiger partial charge >= 0.3 is 0 Å². The Kier molecular flexibility index (Phi) is 5.66. The van der Waals surface area contributed by atoms with Gasteiger partial charge in [-0.05, 0) is 43.7 Å². The van der Waals surface area contributed by atoms with Gasteiger partial charge in [0.1, 0.15) is 5.82 Å². The van der Waals surface area contributed by atoms with E-state index in [9.17, 15) is 9.18 Å². The monoisotopic (exact) mass is 306 g/mol. The van der Waals surface area contributed by atoms with Crippen molar-refractivity contribution in [3.63, 3.8) is 0 Å². The van der Waals surface area contributed by atoms with Crippen molar-refractivity contribution in [1.29, 1.82) is 0 Å². The molecule has 0 radical (unpaired) electrons. The molecule has 0 spiro atoms. The number of benzene rings is 1. The van der Waals surface area contributed by atoms with E-state index in [1.165, 1.54) is 12.1 Å². The third-order valence-electron chi connectivity index (χ3n) is 3.60. The van der Waals surface area contributed by atoms with Crippen LogP contribution in [0.2, 0.25) is 0 Å². The molecule has 1 aromatic carbocycles. The molecule has 3 N–H and O–H groups in total. The van der Waals surface area contributed by atoms with Crippen molar-refractivity contribution in [2.24, 2.45) is 5.73 Å². The Hall–Kier alpha value is -1.51. The van der Waals surface area contributed by atoms with Gasteiger partial charge in [0, 0.05) is 16.9 Å². The number of hydrogen-bond acceptors (Lipinski definition) is 3. The molecule has 0 aromatic heterocycles. The van der Waals surface area contributed by atoms with Crippen LogP contribution in [0.1, 0.15) is 35.2 Å².